The number of fused-ring (bicyclic) bond motifs is 1. The van der Waals surface area contributed by atoms with Crippen molar-refractivity contribution in [2.75, 3.05) is 6.54 Å². The Bertz CT molecular complexity index is 992. The molecule has 1 unspecified atom stereocenters. The lowest BCUT2D eigenvalue weighted by Crippen LogP contribution is -2.55. The fraction of sp³-hybridized carbons (Fsp3) is 0.250. The topological polar surface area (TPSA) is 96.9 Å². The third kappa shape index (κ3) is 3.48. The Labute approximate surface area is 156 Å². The largest absolute Gasteiger partial charge is 0.347 e. The van der Waals surface area contributed by atoms with E-state index in [1.54, 1.807) is 12.1 Å². The Kier molecular flexibility index (Phi) is 4.50. The molecule has 2 aromatic carbocycles. The summed E-state index contributed by atoms with van der Waals surface area (Å²) in [7, 11) is 0. The van der Waals surface area contributed by atoms with Crippen LogP contribution in [0.2, 0.25) is 0 Å². The summed E-state index contributed by atoms with van der Waals surface area (Å²) >= 11 is 0. The number of carbonyl (C=O) groups is 2. The fourth-order valence-corrected chi connectivity index (χ4v) is 3.44. The lowest BCUT2D eigenvalue weighted by molar-refractivity contribution is -0.125. The molecule has 1 fully saturated rings. The van der Waals surface area contributed by atoms with Crippen molar-refractivity contribution < 1.29 is 9.59 Å². The molecule has 136 valence electrons. The molecule has 0 bridgehead atoms. The van der Waals surface area contributed by atoms with Crippen molar-refractivity contribution in [2.45, 2.75) is 24.8 Å². The second kappa shape index (κ2) is 7.11. The van der Waals surface area contributed by atoms with Crippen molar-refractivity contribution in [3.05, 3.63) is 66.0 Å². The van der Waals surface area contributed by atoms with Gasteiger partial charge in [-0.3, -0.25) is 9.59 Å². The molecule has 0 spiro atoms. The zero-order chi connectivity index (χ0) is 18.7. The van der Waals surface area contributed by atoms with E-state index in [9.17, 15) is 9.59 Å². The van der Waals surface area contributed by atoms with Crippen molar-refractivity contribution >= 4 is 22.8 Å². The standard InChI is InChI=1S/C20H19N5O2/c26-17-11-6-12-20(23-17,14-7-2-1-3-8-14)13-21-19(27)18-22-15-9-4-5-10-16(15)24-25-18/h1-5,7-10H,6,11-13H2,(H,21,27)(H,23,26). The minimum atomic E-state index is -0.628. The van der Waals surface area contributed by atoms with Gasteiger partial charge < -0.3 is 10.6 Å². The van der Waals surface area contributed by atoms with Gasteiger partial charge in [0.05, 0.1) is 11.1 Å². The van der Waals surface area contributed by atoms with Crippen LogP contribution < -0.4 is 10.6 Å². The highest BCUT2D eigenvalue weighted by molar-refractivity contribution is 5.92. The van der Waals surface area contributed by atoms with Crippen LogP contribution in [0.3, 0.4) is 0 Å². The summed E-state index contributed by atoms with van der Waals surface area (Å²) < 4.78 is 0. The number of hydrogen-bond acceptors (Lipinski definition) is 5. The smallest absolute Gasteiger partial charge is 0.291 e. The van der Waals surface area contributed by atoms with Crippen LogP contribution in [0.15, 0.2) is 54.6 Å². The molecular weight excluding hydrogens is 342 g/mol. The van der Waals surface area contributed by atoms with E-state index < -0.39 is 11.4 Å². The molecule has 0 radical (unpaired) electrons. The van der Waals surface area contributed by atoms with E-state index in [-0.39, 0.29) is 18.3 Å². The predicted molar refractivity (Wildman–Crippen MR) is 99.8 cm³/mol. The average Bonchev–Trinajstić information content (AvgIpc) is 2.72. The van der Waals surface area contributed by atoms with Crippen molar-refractivity contribution in [1.82, 2.24) is 25.8 Å². The van der Waals surface area contributed by atoms with Gasteiger partial charge in [-0.2, -0.15) is 0 Å². The van der Waals surface area contributed by atoms with E-state index >= 15 is 0 Å². The number of piperidine rings is 1. The van der Waals surface area contributed by atoms with Gasteiger partial charge in [0.15, 0.2) is 0 Å². The summed E-state index contributed by atoms with van der Waals surface area (Å²) in [5, 5.41) is 13.9. The second-order valence-electron chi connectivity index (χ2n) is 6.66. The van der Waals surface area contributed by atoms with Crippen LogP contribution in [0.25, 0.3) is 11.0 Å². The number of nitrogens with zero attached hydrogens (tertiary/aromatic N) is 3. The first-order valence-electron chi connectivity index (χ1n) is 8.90. The SMILES string of the molecule is O=C1CCCC(CNC(=O)c2nnc3ccccc3n2)(c2ccccc2)N1. The van der Waals surface area contributed by atoms with Gasteiger partial charge in [0, 0.05) is 13.0 Å². The highest BCUT2D eigenvalue weighted by Crippen LogP contribution is 2.30. The maximum absolute atomic E-state index is 12.6. The van der Waals surface area contributed by atoms with Crippen LogP contribution >= 0.6 is 0 Å². The maximum atomic E-state index is 12.6. The Balaban J connectivity index is 1.56. The molecular formula is C20H19N5O2. The minimum Gasteiger partial charge on any atom is -0.347 e. The third-order valence-corrected chi connectivity index (χ3v) is 4.83. The van der Waals surface area contributed by atoms with E-state index in [2.05, 4.69) is 25.8 Å². The van der Waals surface area contributed by atoms with Gasteiger partial charge in [-0.05, 0) is 30.5 Å². The fourth-order valence-electron chi connectivity index (χ4n) is 3.44. The van der Waals surface area contributed by atoms with Gasteiger partial charge in [0.2, 0.25) is 11.7 Å². The second-order valence-corrected chi connectivity index (χ2v) is 6.66. The normalized spacial score (nSPS) is 19.5. The molecule has 1 atom stereocenters. The molecule has 4 rings (SSSR count). The average molecular weight is 361 g/mol. The molecule has 0 aliphatic carbocycles. The summed E-state index contributed by atoms with van der Waals surface area (Å²) in [4.78, 5) is 28.9. The van der Waals surface area contributed by atoms with Crippen molar-refractivity contribution in [1.29, 1.82) is 0 Å². The molecule has 7 nitrogen and oxygen atoms in total. The van der Waals surface area contributed by atoms with E-state index in [4.69, 9.17) is 0 Å². The van der Waals surface area contributed by atoms with Gasteiger partial charge in [0.25, 0.3) is 5.91 Å². The Morgan fingerprint density at radius 1 is 1.04 bits per heavy atom. The quantitative estimate of drug-likeness (QED) is 0.740. The van der Waals surface area contributed by atoms with Gasteiger partial charge in [-0.15, -0.1) is 10.2 Å². The first kappa shape index (κ1) is 17.1. The molecule has 0 saturated carbocycles. The summed E-state index contributed by atoms with van der Waals surface area (Å²) in [5.41, 5.74) is 1.59. The molecule has 1 aliphatic heterocycles. The number of amides is 2. The van der Waals surface area contributed by atoms with Crippen LogP contribution in [0.5, 0.6) is 0 Å². The highest BCUT2D eigenvalue weighted by atomic mass is 16.2. The Hall–Kier alpha value is -3.35. The molecule has 27 heavy (non-hydrogen) atoms. The number of benzene rings is 2. The number of nitrogens with one attached hydrogen (secondary N) is 2. The van der Waals surface area contributed by atoms with Crippen LogP contribution in [0.4, 0.5) is 0 Å². The summed E-state index contributed by atoms with van der Waals surface area (Å²) in [6.07, 6.45) is 2.02. The first-order chi connectivity index (χ1) is 13.2. The van der Waals surface area contributed by atoms with Crippen molar-refractivity contribution in [3.63, 3.8) is 0 Å². The first-order valence-corrected chi connectivity index (χ1v) is 8.90. The molecule has 1 aliphatic rings. The number of rotatable bonds is 4. The molecule has 2 N–H and O–H groups in total. The van der Waals surface area contributed by atoms with Crippen molar-refractivity contribution in [2.24, 2.45) is 0 Å². The zero-order valence-electron chi connectivity index (χ0n) is 14.7. The number of carbonyl (C=O) groups excluding carboxylic acids is 2. The van der Waals surface area contributed by atoms with Crippen molar-refractivity contribution in [3.8, 4) is 0 Å². The zero-order valence-corrected chi connectivity index (χ0v) is 14.7. The number of hydrogen-bond donors (Lipinski definition) is 2. The molecule has 1 aromatic heterocycles. The van der Waals surface area contributed by atoms with Gasteiger partial charge in [0.1, 0.15) is 5.52 Å². The van der Waals surface area contributed by atoms with Gasteiger partial charge in [-0.25, -0.2) is 4.98 Å². The van der Waals surface area contributed by atoms with Crippen LogP contribution in [-0.4, -0.2) is 33.5 Å². The van der Waals surface area contributed by atoms with Crippen LogP contribution in [-0.2, 0) is 10.3 Å². The molecule has 2 amide bonds. The summed E-state index contributed by atoms with van der Waals surface area (Å²) in [6, 6.07) is 17.0. The summed E-state index contributed by atoms with van der Waals surface area (Å²) in [5.74, 6) is -0.412. The van der Waals surface area contributed by atoms with E-state index in [0.717, 1.165) is 18.4 Å². The van der Waals surface area contributed by atoms with E-state index in [1.807, 2.05) is 42.5 Å². The Morgan fingerprint density at radius 3 is 2.56 bits per heavy atom. The van der Waals surface area contributed by atoms with Gasteiger partial charge in [-0.1, -0.05) is 42.5 Å². The highest BCUT2D eigenvalue weighted by Gasteiger charge is 2.37. The number of aromatic nitrogens is 3. The lowest BCUT2D eigenvalue weighted by Gasteiger charge is -2.38. The van der Waals surface area contributed by atoms with Crippen LogP contribution in [0.1, 0.15) is 35.4 Å². The molecule has 2 heterocycles. The summed E-state index contributed by atoms with van der Waals surface area (Å²) in [6.45, 7) is 0.262. The molecule has 3 aromatic rings. The Morgan fingerprint density at radius 2 is 1.78 bits per heavy atom. The van der Waals surface area contributed by atoms with E-state index in [0.29, 0.717) is 17.5 Å². The molecule has 1 saturated heterocycles. The van der Waals surface area contributed by atoms with Gasteiger partial charge >= 0.3 is 0 Å². The maximum Gasteiger partial charge on any atom is 0.291 e. The van der Waals surface area contributed by atoms with E-state index in [1.165, 1.54) is 0 Å². The van der Waals surface area contributed by atoms with Crippen LogP contribution in [0, 0.1) is 0 Å². The monoisotopic (exact) mass is 361 g/mol. The predicted octanol–water partition coefficient (Wildman–Crippen LogP) is 1.95. The third-order valence-electron chi connectivity index (χ3n) is 4.83. The lowest BCUT2D eigenvalue weighted by atomic mass is 9.82. The number of para-hydroxylation sites is 1. The molecule has 7 heteroatoms. The minimum absolute atomic E-state index is 0.0111.